The minimum absolute atomic E-state index is 0.215. The van der Waals surface area contributed by atoms with E-state index in [1.165, 1.54) is 68.7 Å². The molecular weight excluding hydrogens is 452 g/mol. The van der Waals surface area contributed by atoms with Crippen molar-refractivity contribution in [3.63, 3.8) is 0 Å². The van der Waals surface area contributed by atoms with Gasteiger partial charge in [-0.05, 0) is 37.5 Å². The number of aliphatic carboxylic acids is 2. The molecule has 3 unspecified atom stereocenters. The molecule has 0 aliphatic heterocycles. The smallest absolute Gasteiger partial charge is 0.327 e. The molecule has 0 aromatic rings. The van der Waals surface area contributed by atoms with Crippen LogP contribution in [-0.4, -0.2) is 52.3 Å². The first-order valence-electron chi connectivity index (χ1n) is 12.7. The zero-order valence-corrected chi connectivity index (χ0v) is 22.7. The second-order valence-corrected chi connectivity index (χ2v) is 11.1. The number of amides is 2. The molecule has 0 aliphatic carbocycles. The fraction of sp³-hybridized carbons (Fsp3) is 0.808. The summed E-state index contributed by atoms with van der Waals surface area (Å²) in [6, 6.07) is -1.86. The van der Waals surface area contributed by atoms with Crippen molar-refractivity contribution in [3.8, 4) is 0 Å². The second-order valence-electron chi connectivity index (χ2n) is 10.1. The van der Waals surface area contributed by atoms with Crippen molar-refractivity contribution < 1.29 is 24.6 Å². The van der Waals surface area contributed by atoms with E-state index >= 15 is 0 Å². The van der Waals surface area contributed by atoms with E-state index in [0.717, 1.165) is 24.2 Å². The molecule has 0 radical (unpaired) electrons. The number of carboxylic acid groups (broad SMARTS) is 2. The highest BCUT2D eigenvalue weighted by atomic mass is 32.2. The third-order valence-electron chi connectivity index (χ3n) is 5.98. The Morgan fingerprint density at radius 3 is 1.97 bits per heavy atom. The molecule has 7 nitrogen and oxygen atoms in total. The largest absolute Gasteiger partial charge is 0.480 e. The van der Waals surface area contributed by atoms with Gasteiger partial charge < -0.3 is 20.8 Å². The van der Waals surface area contributed by atoms with Crippen LogP contribution in [0.1, 0.15) is 92.4 Å². The summed E-state index contributed by atoms with van der Waals surface area (Å²) in [5.41, 5.74) is 1.30. The lowest BCUT2D eigenvalue weighted by Gasteiger charge is -2.15. The highest BCUT2D eigenvalue weighted by Crippen LogP contribution is 2.22. The van der Waals surface area contributed by atoms with Gasteiger partial charge >= 0.3 is 18.0 Å². The molecule has 0 rings (SSSR count). The number of hydrogen-bond acceptors (Lipinski definition) is 4. The van der Waals surface area contributed by atoms with Gasteiger partial charge in [0.05, 0.1) is 0 Å². The van der Waals surface area contributed by atoms with Crippen molar-refractivity contribution >= 4 is 29.7 Å². The topological polar surface area (TPSA) is 116 Å². The van der Waals surface area contributed by atoms with Crippen LogP contribution >= 0.6 is 11.8 Å². The van der Waals surface area contributed by atoms with Gasteiger partial charge in [-0.15, -0.1) is 0 Å². The highest BCUT2D eigenvalue weighted by Gasteiger charge is 2.19. The van der Waals surface area contributed by atoms with E-state index in [1.54, 1.807) is 0 Å². The molecule has 0 heterocycles. The summed E-state index contributed by atoms with van der Waals surface area (Å²) in [6.45, 7) is 10.9. The van der Waals surface area contributed by atoms with Crippen molar-refractivity contribution in [2.45, 2.75) is 98.4 Å². The summed E-state index contributed by atoms with van der Waals surface area (Å²) in [7, 11) is 0. The Labute approximate surface area is 210 Å². The molecule has 34 heavy (non-hydrogen) atoms. The molecule has 3 atom stereocenters. The molecule has 4 N–H and O–H groups in total. The summed E-state index contributed by atoms with van der Waals surface area (Å²) in [6.07, 6.45) is 13.6. The first kappa shape index (κ1) is 32.3. The highest BCUT2D eigenvalue weighted by molar-refractivity contribution is 7.99. The fourth-order valence-electron chi connectivity index (χ4n) is 3.74. The standard InChI is InChI=1S/C26H48N2O5S/c1-19(2)9-6-10-20(3)11-7-12-21(4)13-8-14-22(5)15-16-34-18-23(25(31)32)28-26(33)27-17-24(29)30/h15,19-21,23H,6-14,16-18H2,1-5H3,(H,29,30)(H,31,32)(H2,27,28,33)/b22-15+. The van der Waals surface area contributed by atoms with E-state index in [4.69, 9.17) is 5.11 Å². The van der Waals surface area contributed by atoms with E-state index < -0.39 is 30.6 Å². The summed E-state index contributed by atoms with van der Waals surface area (Å²) in [5, 5.41) is 22.2. The van der Waals surface area contributed by atoms with Gasteiger partial charge in [0, 0.05) is 11.5 Å². The van der Waals surface area contributed by atoms with Crippen molar-refractivity contribution in [1.29, 1.82) is 0 Å². The number of nitrogens with one attached hydrogen (secondary N) is 2. The number of carbonyl (C=O) groups excluding carboxylic acids is 1. The molecule has 0 fully saturated rings. The lowest BCUT2D eigenvalue weighted by molar-refractivity contribution is -0.138. The van der Waals surface area contributed by atoms with Crippen LogP contribution in [0.15, 0.2) is 11.6 Å². The SMILES string of the molecule is C/C(=C\CSCC(NC(=O)NCC(=O)O)C(=O)O)CCCC(C)CCCC(C)CCCC(C)C. The maximum atomic E-state index is 11.6. The Hall–Kier alpha value is -1.70. The van der Waals surface area contributed by atoms with E-state index in [1.807, 2.05) is 0 Å². The molecule has 0 aromatic heterocycles. The van der Waals surface area contributed by atoms with E-state index in [0.29, 0.717) is 5.75 Å². The van der Waals surface area contributed by atoms with Crippen LogP contribution in [0.2, 0.25) is 0 Å². The third kappa shape index (κ3) is 19.7. The summed E-state index contributed by atoms with van der Waals surface area (Å²) >= 11 is 1.43. The van der Waals surface area contributed by atoms with Crippen LogP contribution < -0.4 is 10.6 Å². The van der Waals surface area contributed by atoms with Gasteiger partial charge in [0.25, 0.3) is 0 Å². The van der Waals surface area contributed by atoms with Crippen molar-refractivity contribution in [2.24, 2.45) is 17.8 Å². The third-order valence-corrected chi connectivity index (χ3v) is 6.95. The van der Waals surface area contributed by atoms with Gasteiger partial charge in [0.1, 0.15) is 12.6 Å². The lowest BCUT2D eigenvalue weighted by Crippen LogP contribution is -2.48. The monoisotopic (exact) mass is 500 g/mol. The molecule has 0 aliphatic rings. The molecule has 0 saturated carbocycles. The summed E-state index contributed by atoms with van der Waals surface area (Å²) in [5.74, 6) is 0.965. The Balaban J connectivity index is 3.99. The number of thioether (sulfide) groups is 1. The van der Waals surface area contributed by atoms with Crippen LogP contribution in [0, 0.1) is 17.8 Å². The second kappa shape index (κ2) is 19.6. The normalized spacial score (nSPS) is 14.5. The van der Waals surface area contributed by atoms with Gasteiger partial charge in [0.2, 0.25) is 0 Å². The molecule has 0 bridgehead atoms. The first-order valence-corrected chi connectivity index (χ1v) is 13.9. The average molecular weight is 501 g/mol. The predicted octanol–water partition coefficient (Wildman–Crippen LogP) is 5.94. The van der Waals surface area contributed by atoms with Crippen molar-refractivity contribution in [3.05, 3.63) is 11.6 Å². The summed E-state index contributed by atoms with van der Waals surface area (Å²) < 4.78 is 0. The Morgan fingerprint density at radius 1 is 0.882 bits per heavy atom. The number of carbonyl (C=O) groups is 3. The van der Waals surface area contributed by atoms with Crippen LogP contribution in [0.5, 0.6) is 0 Å². The number of allylic oxidation sites excluding steroid dienone is 1. The van der Waals surface area contributed by atoms with Crippen LogP contribution in [0.25, 0.3) is 0 Å². The van der Waals surface area contributed by atoms with Gasteiger partial charge in [-0.2, -0.15) is 11.8 Å². The quantitative estimate of drug-likeness (QED) is 0.121. The maximum absolute atomic E-state index is 11.6. The van der Waals surface area contributed by atoms with E-state index in [-0.39, 0.29) is 5.75 Å². The molecule has 198 valence electrons. The Bertz CT molecular complexity index is 624. The first-order chi connectivity index (χ1) is 16.0. The van der Waals surface area contributed by atoms with Gasteiger partial charge in [-0.25, -0.2) is 9.59 Å². The average Bonchev–Trinajstić information content (AvgIpc) is 2.73. The van der Waals surface area contributed by atoms with Crippen molar-refractivity contribution in [2.75, 3.05) is 18.1 Å². The molecular formula is C26H48N2O5S. The number of rotatable bonds is 20. The lowest BCUT2D eigenvalue weighted by atomic mass is 9.91. The van der Waals surface area contributed by atoms with Crippen molar-refractivity contribution in [1.82, 2.24) is 10.6 Å². The van der Waals surface area contributed by atoms with Crippen LogP contribution in [0.4, 0.5) is 4.79 Å². The fourth-order valence-corrected chi connectivity index (χ4v) is 4.74. The molecule has 8 heteroatoms. The minimum atomic E-state index is -1.19. The Kier molecular flexibility index (Phi) is 18.6. The molecule has 0 spiro atoms. The van der Waals surface area contributed by atoms with Gasteiger partial charge in [-0.3, -0.25) is 4.79 Å². The predicted molar refractivity (Wildman–Crippen MR) is 141 cm³/mol. The number of hydrogen-bond donors (Lipinski definition) is 4. The van der Waals surface area contributed by atoms with Gasteiger partial charge in [0.15, 0.2) is 0 Å². The van der Waals surface area contributed by atoms with Crippen LogP contribution in [-0.2, 0) is 9.59 Å². The minimum Gasteiger partial charge on any atom is -0.480 e. The van der Waals surface area contributed by atoms with Crippen LogP contribution in [0.3, 0.4) is 0 Å². The summed E-state index contributed by atoms with van der Waals surface area (Å²) in [4.78, 5) is 33.3. The zero-order chi connectivity index (χ0) is 25.9. The van der Waals surface area contributed by atoms with Gasteiger partial charge in [-0.1, -0.05) is 84.3 Å². The number of carboxylic acids is 2. The molecule has 0 aromatic carbocycles. The maximum Gasteiger partial charge on any atom is 0.327 e. The zero-order valence-electron chi connectivity index (χ0n) is 21.9. The molecule has 0 saturated heterocycles. The van der Waals surface area contributed by atoms with E-state index in [2.05, 4.69) is 51.3 Å². The van der Waals surface area contributed by atoms with E-state index in [9.17, 15) is 19.5 Å². The Morgan fingerprint density at radius 2 is 1.44 bits per heavy atom. The molecule has 2 amide bonds. The number of urea groups is 1.